The van der Waals surface area contributed by atoms with Gasteiger partial charge in [-0.2, -0.15) is 5.10 Å². The normalized spacial score (nSPS) is 21.1. The molecule has 0 aliphatic carbocycles. The summed E-state index contributed by atoms with van der Waals surface area (Å²) in [7, 11) is 2.21. The van der Waals surface area contributed by atoms with Crippen molar-refractivity contribution in [2.75, 3.05) is 7.05 Å². The molecule has 4 aromatic rings. The molecular formula is C26H29N7O3. The average Bonchev–Trinajstić information content (AvgIpc) is 3.56. The lowest BCUT2D eigenvalue weighted by molar-refractivity contribution is -0.122. The Balaban J connectivity index is 0.000000848. The van der Waals surface area contributed by atoms with E-state index in [9.17, 15) is 4.79 Å². The Morgan fingerprint density at radius 2 is 1.89 bits per heavy atom. The second kappa shape index (κ2) is 10.3. The second-order valence-electron chi connectivity index (χ2n) is 9.42. The van der Waals surface area contributed by atoms with E-state index < -0.39 is 0 Å². The number of piperidine rings is 1. The molecule has 1 amide bonds. The highest BCUT2D eigenvalue weighted by Crippen LogP contribution is 2.34. The SMILES string of the molecule is CN1C2CCC1CC(NC(=O)c1n[nH]c3cc(-c4cn(Cc5ccccc5)nn4)ccc13)C2.O=CO. The van der Waals surface area contributed by atoms with Crippen LogP contribution in [0.25, 0.3) is 22.2 Å². The minimum Gasteiger partial charge on any atom is -0.483 e. The predicted octanol–water partition coefficient (Wildman–Crippen LogP) is 2.93. The van der Waals surface area contributed by atoms with E-state index in [1.807, 2.05) is 47.3 Å². The molecule has 2 unspecified atom stereocenters. The highest BCUT2D eigenvalue weighted by molar-refractivity contribution is 6.05. The number of aromatic nitrogens is 5. The van der Waals surface area contributed by atoms with Gasteiger partial charge < -0.3 is 15.3 Å². The smallest absolute Gasteiger partial charge is 0.290 e. The minimum absolute atomic E-state index is 0.100. The standard InChI is InChI=1S/C25H27N7O.CH2O2/c1-31-19-8-9-20(31)13-18(12-19)26-25(33)24-21-10-7-17(11-22(21)27-29-24)23-15-32(30-28-23)14-16-5-3-2-4-6-16;2-1-3/h2-7,10-11,15,18-20H,8-9,12-14H2,1H3,(H,26,33)(H,27,29);1H,(H,2,3). The number of H-pyrrole nitrogens is 1. The molecule has 0 radical (unpaired) electrons. The third-order valence-electron chi connectivity index (χ3n) is 7.23. The molecule has 6 rings (SSSR count). The second-order valence-corrected chi connectivity index (χ2v) is 9.42. The number of carbonyl (C=O) groups excluding carboxylic acids is 1. The van der Waals surface area contributed by atoms with Crippen LogP contribution in [0.15, 0.2) is 54.7 Å². The van der Waals surface area contributed by atoms with Crippen LogP contribution in [-0.2, 0) is 11.3 Å². The van der Waals surface area contributed by atoms with E-state index in [0.29, 0.717) is 24.3 Å². The molecule has 0 saturated carbocycles. The van der Waals surface area contributed by atoms with Crippen LogP contribution in [0.5, 0.6) is 0 Å². The number of nitrogens with zero attached hydrogens (tertiary/aromatic N) is 5. The van der Waals surface area contributed by atoms with Crippen LogP contribution in [0.2, 0.25) is 0 Å². The molecule has 36 heavy (non-hydrogen) atoms. The molecule has 0 spiro atoms. The fourth-order valence-corrected chi connectivity index (χ4v) is 5.41. The Morgan fingerprint density at radius 1 is 1.17 bits per heavy atom. The number of benzene rings is 2. The van der Waals surface area contributed by atoms with Gasteiger partial charge in [0.05, 0.1) is 18.3 Å². The zero-order valence-corrected chi connectivity index (χ0v) is 20.0. The molecule has 4 heterocycles. The number of fused-ring (bicyclic) bond motifs is 3. The van der Waals surface area contributed by atoms with Crippen molar-refractivity contribution in [3.8, 4) is 11.3 Å². The molecule has 2 saturated heterocycles. The lowest BCUT2D eigenvalue weighted by atomic mass is 9.98. The molecule has 10 heteroatoms. The van der Waals surface area contributed by atoms with Crippen molar-refractivity contribution in [2.24, 2.45) is 0 Å². The summed E-state index contributed by atoms with van der Waals surface area (Å²) in [6, 6.07) is 17.5. The largest absolute Gasteiger partial charge is 0.483 e. The number of carbonyl (C=O) groups is 2. The Bertz CT molecular complexity index is 1340. The summed E-state index contributed by atoms with van der Waals surface area (Å²) in [5.74, 6) is -0.100. The first-order valence-corrected chi connectivity index (χ1v) is 12.1. The summed E-state index contributed by atoms with van der Waals surface area (Å²) in [5.41, 5.74) is 4.17. The molecule has 2 fully saturated rings. The van der Waals surface area contributed by atoms with Gasteiger partial charge >= 0.3 is 0 Å². The highest BCUT2D eigenvalue weighted by atomic mass is 16.3. The quantitative estimate of drug-likeness (QED) is 0.369. The highest BCUT2D eigenvalue weighted by Gasteiger charge is 2.39. The van der Waals surface area contributed by atoms with Gasteiger partial charge in [0, 0.05) is 29.1 Å². The van der Waals surface area contributed by atoms with Gasteiger partial charge in [-0.05, 0) is 50.4 Å². The van der Waals surface area contributed by atoms with Crippen molar-refractivity contribution in [1.29, 1.82) is 0 Å². The third-order valence-corrected chi connectivity index (χ3v) is 7.23. The predicted molar refractivity (Wildman–Crippen MR) is 134 cm³/mol. The van der Waals surface area contributed by atoms with Crippen molar-refractivity contribution in [3.63, 3.8) is 0 Å². The van der Waals surface area contributed by atoms with Crippen molar-refractivity contribution < 1.29 is 14.7 Å². The zero-order valence-electron chi connectivity index (χ0n) is 20.0. The fourth-order valence-electron chi connectivity index (χ4n) is 5.41. The van der Waals surface area contributed by atoms with Gasteiger partial charge in [-0.3, -0.25) is 14.7 Å². The van der Waals surface area contributed by atoms with Crippen LogP contribution < -0.4 is 5.32 Å². The molecule has 2 aliphatic heterocycles. The summed E-state index contributed by atoms with van der Waals surface area (Å²) >= 11 is 0. The van der Waals surface area contributed by atoms with Gasteiger partial charge in [0.25, 0.3) is 12.4 Å². The van der Waals surface area contributed by atoms with E-state index in [1.165, 1.54) is 18.4 Å². The van der Waals surface area contributed by atoms with Crippen LogP contribution in [0.1, 0.15) is 41.7 Å². The number of nitrogens with one attached hydrogen (secondary N) is 2. The van der Waals surface area contributed by atoms with Crippen molar-refractivity contribution in [1.82, 2.24) is 35.4 Å². The Labute approximate surface area is 208 Å². The summed E-state index contributed by atoms with van der Waals surface area (Å²) in [6.07, 6.45) is 6.44. The van der Waals surface area contributed by atoms with Crippen LogP contribution in [0, 0.1) is 0 Å². The van der Waals surface area contributed by atoms with E-state index in [2.05, 4.69) is 49.9 Å². The lowest BCUT2D eigenvalue weighted by Crippen LogP contribution is -2.48. The molecular weight excluding hydrogens is 458 g/mol. The first kappa shape index (κ1) is 23.7. The number of amides is 1. The maximum atomic E-state index is 13.0. The number of aromatic amines is 1. The molecule has 2 aromatic heterocycles. The van der Waals surface area contributed by atoms with Crippen molar-refractivity contribution >= 4 is 23.3 Å². The first-order chi connectivity index (χ1) is 17.6. The van der Waals surface area contributed by atoms with Crippen LogP contribution in [0.3, 0.4) is 0 Å². The fraction of sp³-hybridized carbons (Fsp3) is 0.346. The number of hydrogen-bond acceptors (Lipinski definition) is 6. The number of hydrogen-bond donors (Lipinski definition) is 3. The van der Waals surface area contributed by atoms with E-state index in [0.717, 1.165) is 35.0 Å². The van der Waals surface area contributed by atoms with Gasteiger partial charge in [0.15, 0.2) is 5.69 Å². The monoisotopic (exact) mass is 487 g/mol. The summed E-state index contributed by atoms with van der Waals surface area (Å²) in [4.78, 5) is 23.8. The first-order valence-electron chi connectivity index (χ1n) is 12.1. The van der Waals surface area contributed by atoms with Gasteiger partial charge in [-0.25, -0.2) is 4.68 Å². The van der Waals surface area contributed by atoms with E-state index in [1.54, 1.807) is 0 Å². The lowest BCUT2D eigenvalue weighted by Gasteiger charge is -2.36. The van der Waals surface area contributed by atoms with E-state index >= 15 is 0 Å². The maximum absolute atomic E-state index is 13.0. The molecule has 186 valence electrons. The maximum Gasteiger partial charge on any atom is 0.290 e. The third kappa shape index (κ3) is 4.85. The number of rotatable bonds is 5. The van der Waals surface area contributed by atoms with Crippen LogP contribution >= 0.6 is 0 Å². The Morgan fingerprint density at radius 3 is 2.61 bits per heavy atom. The number of carboxylic acid groups (broad SMARTS) is 1. The summed E-state index contributed by atoms with van der Waals surface area (Å²) < 4.78 is 1.83. The zero-order chi connectivity index (χ0) is 25.1. The molecule has 2 bridgehead atoms. The summed E-state index contributed by atoms with van der Waals surface area (Å²) in [5, 5.41) is 26.9. The van der Waals surface area contributed by atoms with Gasteiger partial charge in [-0.15, -0.1) is 5.10 Å². The summed E-state index contributed by atoms with van der Waals surface area (Å²) in [6.45, 7) is 0.420. The van der Waals surface area contributed by atoms with Crippen LogP contribution in [-0.4, -0.2) is 72.8 Å². The topological polar surface area (TPSA) is 129 Å². The van der Waals surface area contributed by atoms with E-state index in [-0.39, 0.29) is 18.4 Å². The van der Waals surface area contributed by atoms with Gasteiger partial charge in [0.1, 0.15) is 5.69 Å². The molecule has 2 aliphatic rings. The van der Waals surface area contributed by atoms with E-state index in [4.69, 9.17) is 9.90 Å². The van der Waals surface area contributed by atoms with Crippen LogP contribution in [0.4, 0.5) is 0 Å². The molecule has 2 aromatic carbocycles. The molecule has 3 N–H and O–H groups in total. The molecule has 2 atom stereocenters. The van der Waals surface area contributed by atoms with Gasteiger partial charge in [0.2, 0.25) is 0 Å². The Kier molecular flexibility index (Phi) is 6.77. The van der Waals surface area contributed by atoms with Gasteiger partial charge in [-0.1, -0.05) is 41.6 Å². The Hall–Kier alpha value is -4.05. The molecule has 10 nitrogen and oxygen atoms in total. The average molecular weight is 488 g/mol. The minimum atomic E-state index is -0.250. The van der Waals surface area contributed by atoms with Crippen molar-refractivity contribution in [2.45, 2.75) is 50.4 Å². The van der Waals surface area contributed by atoms with Crippen molar-refractivity contribution in [3.05, 3.63) is 66.0 Å².